The minimum absolute atomic E-state index is 0.0167. The van der Waals surface area contributed by atoms with Crippen LogP contribution in [0.2, 0.25) is 0 Å². The topological polar surface area (TPSA) is 102 Å². The van der Waals surface area contributed by atoms with Crippen molar-refractivity contribution in [3.05, 3.63) is 59.7 Å². The highest BCUT2D eigenvalue weighted by molar-refractivity contribution is 7.89. The van der Waals surface area contributed by atoms with Crippen LogP contribution in [0, 0.1) is 0 Å². The van der Waals surface area contributed by atoms with Crippen molar-refractivity contribution in [1.29, 1.82) is 0 Å². The first-order valence-electron chi connectivity index (χ1n) is 10.9. The third-order valence-electron chi connectivity index (χ3n) is 5.69. The van der Waals surface area contributed by atoms with Crippen LogP contribution in [0.25, 0.3) is 0 Å². The minimum atomic E-state index is -3.98. The van der Waals surface area contributed by atoms with Crippen LogP contribution in [0.1, 0.15) is 48.5 Å². The van der Waals surface area contributed by atoms with Gasteiger partial charge in [0, 0.05) is 19.6 Å². The summed E-state index contributed by atoms with van der Waals surface area (Å²) in [5.41, 5.74) is 0.836. The molecule has 0 saturated heterocycles. The highest BCUT2D eigenvalue weighted by atomic mass is 32.2. The first kappa shape index (κ1) is 24.7. The molecule has 1 atom stereocenters. The molecule has 0 spiro atoms. The Kier molecular flexibility index (Phi) is 8.10. The average molecular weight is 475 g/mol. The summed E-state index contributed by atoms with van der Waals surface area (Å²) < 4.78 is 38.2. The summed E-state index contributed by atoms with van der Waals surface area (Å²) >= 11 is 0. The molecular formula is C24H30N2O6S. The number of rotatable bonds is 9. The maximum atomic E-state index is 13.2. The van der Waals surface area contributed by atoms with Crippen LogP contribution in [0.5, 0.6) is 5.75 Å². The molecule has 3 rings (SSSR count). The van der Waals surface area contributed by atoms with E-state index in [1.165, 1.54) is 43.6 Å². The molecule has 1 amide bonds. The Morgan fingerprint density at radius 3 is 2.42 bits per heavy atom. The molecule has 0 aromatic heterocycles. The van der Waals surface area contributed by atoms with Gasteiger partial charge in [0.15, 0.2) is 6.10 Å². The maximum absolute atomic E-state index is 13.2. The summed E-state index contributed by atoms with van der Waals surface area (Å²) in [6.07, 6.45) is 2.98. The number of carbonyl (C=O) groups is 2. The van der Waals surface area contributed by atoms with Gasteiger partial charge in [-0.2, -0.15) is 4.31 Å². The third-order valence-corrected chi connectivity index (χ3v) is 7.51. The van der Waals surface area contributed by atoms with E-state index < -0.39 is 22.1 Å². The molecule has 33 heavy (non-hydrogen) atoms. The number of amides is 1. The molecule has 1 aliphatic rings. The van der Waals surface area contributed by atoms with E-state index in [2.05, 4.69) is 5.32 Å². The number of hydrogen-bond donors (Lipinski definition) is 1. The Bertz CT molecular complexity index is 1080. The third kappa shape index (κ3) is 6.11. The van der Waals surface area contributed by atoms with Gasteiger partial charge in [-0.15, -0.1) is 0 Å². The number of nitrogens with one attached hydrogen (secondary N) is 1. The predicted molar refractivity (Wildman–Crippen MR) is 123 cm³/mol. The number of sulfonamides is 1. The first-order valence-corrected chi connectivity index (χ1v) is 12.4. The second-order valence-corrected chi connectivity index (χ2v) is 10.2. The zero-order valence-corrected chi connectivity index (χ0v) is 19.9. The van der Waals surface area contributed by atoms with Crippen LogP contribution in [0.15, 0.2) is 53.4 Å². The average Bonchev–Trinajstić information content (AvgIpc) is 3.32. The van der Waals surface area contributed by atoms with E-state index in [-0.39, 0.29) is 34.7 Å². The van der Waals surface area contributed by atoms with Crippen LogP contribution in [0.3, 0.4) is 0 Å². The van der Waals surface area contributed by atoms with Crippen molar-refractivity contribution in [3.8, 4) is 5.75 Å². The molecule has 0 bridgehead atoms. The molecule has 0 heterocycles. The molecule has 0 aliphatic heterocycles. The number of carbonyl (C=O) groups excluding carboxylic acids is 2. The molecule has 9 heteroatoms. The number of ether oxygens (including phenoxy) is 2. The summed E-state index contributed by atoms with van der Waals surface area (Å²) in [6.45, 7) is 1.65. The SMILES string of the molecule is COc1ccc(C(=O)OC(C)C(=O)NC2CCCC2)cc1S(=O)(=O)N(C)Cc1ccccc1. The van der Waals surface area contributed by atoms with E-state index >= 15 is 0 Å². The summed E-state index contributed by atoms with van der Waals surface area (Å²) in [6, 6.07) is 13.3. The molecule has 1 aliphatic carbocycles. The highest BCUT2D eigenvalue weighted by Gasteiger charge is 2.28. The molecular weight excluding hydrogens is 444 g/mol. The van der Waals surface area contributed by atoms with Gasteiger partial charge >= 0.3 is 5.97 Å². The van der Waals surface area contributed by atoms with E-state index in [4.69, 9.17) is 9.47 Å². The van der Waals surface area contributed by atoms with Gasteiger partial charge in [-0.3, -0.25) is 4.79 Å². The zero-order valence-electron chi connectivity index (χ0n) is 19.1. The molecule has 1 fully saturated rings. The van der Waals surface area contributed by atoms with Gasteiger partial charge in [0.1, 0.15) is 10.6 Å². The van der Waals surface area contributed by atoms with Crippen molar-refractivity contribution >= 4 is 21.9 Å². The van der Waals surface area contributed by atoms with Gasteiger partial charge in [-0.05, 0) is 43.5 Å². The van der Waals surface area contributed by atoms with Crippen molar-refractivity contribution < 1.29 is 27.5 Å². The largest absolute Gasteiger partial charge is 0.495 e. The van der Waals surface area contributed by atoms with E-state index in [0.717, 1.165) is 31.2 Å². The summed E-state index contributed by atoms with van der Waals surface area (Å²) in [4.78, 5) is 24.9. The van der Waals surface area contributed by atoms with Gasteiger partial charge in [0.25, 0.3) is 5.91 Å². The van der Waals surface area contributed by atoms with Gasteiger partial charge in [-0.1, -0.05) is 43.2 Å². The Morgan fingerprint density at radius 1 is 1.12 bits per heavy atom. The van der Waals surface area contributed by atoms with E-state index in [9.17, 15) is 18.0 Å². The van der Waals surface area contributed by atoms with Crippen LogP contribution in [-0.2, 0) is 26.1 Å². The van der Waals surface area contributed by atoms with Crippen LogP contribution in [0.4, 0.5) is 0 Å². The summed E-state index contributed by atoms with van der Waals surface area (Å²) in [5.74, 6) is -1.04. The van der Waals surface area contributed by atoms with E-state index in [0.29, 0.717) is 0 Å². The maximum Gasteiger partial charge on any atom is 0.338 e. The Labute approximate surface area is 194 Å². The smallest absolute Gasteiger partial charge is 0.338 e. The van der Waals surface area contributed by atoms with Gasteiger partial charge in [0.2, 0.25) is 10.0 Å². The van der Waals surface area contributed by atoms with E-state index in [1.54, 1.807) is 0 Å². The van der Waals surface area contributed by atoms with E-state index in [1.807, 2.05) is 30.3 Å². The number of methoxy groups -OCH3 is 1. The van der Waals surface area contributed by atoms with Crippen molar-refractivity contribution in [3.63, 3.8) is 0 Å². The standard InChI is InChI=1S/C24H30N2O6S/c1-17(23(27)25-20-11-7-8-12-20)32-24(28)19-13-14-21(31-3)22(15-19)33(29,30)26(2)16-18-9-5-4-6-10-18/h4-6,9-10,13-15,17,20H,7-8,11-12,16H2,1-3H3,(H,25,27). The van der Waals surface area contributed by atoms with Crippen LogP contribution < -0.4 is 10.1 Å². The molecule has 8 nitrogen and oxygen atoms in total. The molecule has 2 aromatic rings. The number of esters is 1. The lowest BCUT2D eigenvalue weighted by molar-refractivity contribution is -0.129. The second kappa shape index (κ2) is 10.8. The zero-order chi connectivity index (χ0) is 24.0. The lowest BCUT2D eigenvalue weighted by Gasteiger charge is -2.20. The first-order chi connectivity index (χ1) is 15.7. The van der Waals surface area contributed by atoms with Crippen molar-refractivity contribution in [2.75, 3.05) is 14.2 Å². The molecule has 1 unspecified atom stereocenters. The van der Waals surface area contributed by atoms with Gasteiger partial charge in [0.05, 0.1) is 12.7 Å². The quantitative estimate of drug-likeness (QED) is 0.561. The van der Waals surface area contributed by atoms with Gasteiger partial charge < -0.3 is 14.8 Å². The number of hydrogen-bond acceptors (Lipinski definition) is 6. The Morgan fingerprint density at radius 2 is 1.79 bits per heavy atom. The normalized spacial score (nSPS) is 15.3. The summed E-state index contributed by atoms with van der Waals surface area (Å²) in [7, 11) is -1.15. The fourth-order valence-electron chi connectivity index (χ4n) is 3.77. The lowest BCUT2D eigenvalue weighted by atomic mass is 10.2. The lowest BCUT2D eigenvalue weighted by Crippen LogP contribution is -2.40. The van der Waals surface area contributed by atoms with Gasteiger partial charge in [-0.25, -0.2) is 13.2 Å². The summed E-state index contributed by atoms with van der Waals surface area (Å²) in [5, 5.41) is 2.89. The molecule has 1 saturated carbocycles. The monoisotopic (exact) mass is 474 g/mol. The van der Waals surface area contributed by atoms with Crippen LogP contribution in [-0.4, -0.2) is 50.9 Å². The Hall–Kier alpha value is -2.91. The number of nitrogens with zero attached hydrogens (tertiary/aromatic N) is 1. The molecule has 1 N–H and O–H groups in total. The molecule has 178 valence electrons. The fourth-order valence-corrected chi connectivity index (χ4v) is 5.11. The van der Waals surface area contributed by atoms with Crippen molar-refractivity contribution in [1.82, 2.24) is 9.62 Å². The second-order valence-electron chi connectivity index (χ2n) is 8.15. The van der Waals surface area contributed by atoms with Crippen molar-refractivity contribution in [2.45, 2.75) is 56.2 Å². The predicted octanol–water partition coefficient (Wildman–Crippen LogP) is 3.12. The fraction of sp³-hybridized carbons (Fsp3) is 0.417. The number of benzene rings is 2. The highest BCUT2D eigenvalue weighted by Crippen LogP contribution is 2.28. The Balaban J connectivity index is 1.76. The molecule has 2 aromatic carbocycles. The molecule has 0 radical (unpaired) electrons. The van der Waals surface area contributed by atoms with Crippen molar-refractivity contribution in [2.24, 2.45) is 0 Å². The van der Waals surface area contributed by atoms with Crippen LogP contribution >= 0.6 is 0 Å². The minimum Gasteiger partial charge on any atom is -0.495 e.